The van der Waals surface area contributed by atoms with E-state index in [2.05, 4.69) is 42.0 Å². The highest BCUT2D eigenvalue weighted by Crippen LogP contribution is 2.14. The normalized spacial score (nSPS) is 21.1. The monoisotopic (exact) mass is 275 g/mol. The molecule has 0 spiro atoms. The van der Waals surface area contributed by atoms with Gasteiger partial charge in [-0.2, -0.15) is 0 Å². The summed E-state index contributed by atoms with van der Waals surface area (Å²) in [6, 6.07) is 5.55. The van der Waals surface area contributed by atoms with Gasteiger partial charge in [-0.05, 0) is 64.3 Å². The molecule has 1 unspecified atom stereocenters. The highest BCUT2D eigenvalue weighted by molar-refractivity contribution is 5.19. The third kappa shape index (κ3) is 4.29. The Morgan fingerprint density at radius 1 is 1.35 bits per heavy atom. The van der Waals surface area contributed by atoms with Crippen LogP contribution >= 0.6 is 0 Å². The Kier molecular flexibility index (Phi) is 5.99. The zero-order valence-electron chi connectivity index (χ0n) is 13.2. The average molecular weight is 275 g/mol. The Labute approximate surface area is 123 Å². The quantitative estimate of drug-likeness (QED) is 0.895. The predicted octanol–water partition coefficient (Wildman–Crippen LogP) is 3.00. The number of rotatable bonds is 5. The second kappa shape index (κ2) is 7.75. The second-order valence-electron chi connectivity index (χ2n) is 6.10. The van der Waals surface area contributed by atoms with E-state index in [4.69, 9.17) is 0 Å². The number of aryl methyl sites for hydroxylation is 1. The molecule has 112 valence electrons. The highest BCUT2D eigenvalue weighted by atomic mass is 15.1. The molecule has 1 fully saturated rings. The summed E-state index contributed by atoms with van der Waals surface area (Å²) in [5, 5.41) is 3.72. The molecule has 0 saturated carbocycles. The van der Waals surface area contributed by atoms with E-state index < -0.39 is 0 Å². The SMILES string of the molecule is CCc1cccnc1CNC1CCCN(C(C)C)CC1. The maximum absolute atomic E-state index is 4.53. The number of nitrogens with one attached hydrogen (secondary N) is 1. The van der Waals surface area contributed by atoms with Crippen LogP contribution in [0.1, 0.15) is 51.3 Å². The molecule has 3 nitrogen and oxygen atoms in total. The fourth-order valence-electron chi connectivity index (χ4n) is 3.03. The molecule has 0 bridgehead atoms. The average Bonchev–Trinajstić information content (AvgIpc) is 2.71. The topological polar surface area (TPSA) is 28.2 Å². The summed E-state index contributed by atoms with van der Waals surface area (Å²) in [5.74, 6) is 0. The van der Waals surface area contributed by atoms with E-state index in [-0.39, 0.29) is 0 Å². The molecule has 1 aliphatic rings. The summed E-state index contributed by atoms with van der Waals surface area (Å²) in [7, 11) is 0. The van der Waals surface area contributed by atoms with E-state index in [0.717, 1.165) is 13.0 Å². The maximum Gasteiger partial charge on any atom is 0.0573 e. The van der Waals surface area contributed by atoms with Crippen molar-refractivity contribution in [3.63, 3.8) is 0 Å². The molecule has 2 rings (SSSR count). The second-order valence-corrected chi connectivity index (χ2v) is 6.10. The van der Waals surface area contributed by atoms with Crippen molar-refractivity contribution in [1.29, 1.82) is 0 Å². The standard InChI is InChI=1S/C17H29N3/c1-4-15-7-5-10-18-17(15)13-19-16-8-6-11-20(12-9-16)14(2)3/h5,7,10,14,16,19H,4,6,8-9,11-13H2,1-3H3. The van der Waals surface area contributed by atoms with E-state index in [1.165, 1.54) is 43.6 Å². The van der Waals surface area contributed by atoms with Crippen LogP contribution in [0.4, 0.5) is 0 Å². The van der Waals surface area contributed by atoms with Gasteiger partial charge in [-0.25, -0.2) is 0 Å². The Morgan fingerprint density at radius 3 is 2.95 bits per heavy atom. The molecule has 1 aromatic heterocycles. The first kappa shape index (κ1) is 15.5. The number of hydrogen-bond acceptors (Lipinski definition) is 3. The van der Waals surface area contributed by atoms with Crippen LogP contribution in [0.5, 0.6) is 0 Å². The van der Waals surface area contributed by atoms with E-state index in [9.17, 15) is 0 Å². The van der Waals surface area contributed by atoms with Crippen LogP contribution in [0, 0.1) is 0 Å². The number of nitrogens with zero attached hydrogens (tertiary/aromatic N) is 2. The summed E-state index contributed by atoms with van der Waals surface area (Å²) in [5.41, 5.74) is 2.59. The molecule has 1 atom stereocenters. The molecular weight excluding hydrogens is 246 g/mol. The summed E-state index contributed by atoms with van der Waals surface area (Å²) in [6.45, 7) is 10.2. The van der Waals surface area contributed by atoms with Crippen LogP contribution in [0.2, 0.25) is 0 Å². The van der Waals surface area contributed by atoms with E-state index >= 15 is 0 Å². The number of pyridine rings is 1. The van der Waals surface area contributed by atoms with Gasteiger partial charge in [0.15, 0.2) is 0 Å². The molecule has 3 heteroatoms. The van der Waals surface area contributed by atoms with Gasteiger partial charge < -0.3 is 10.2 Å². The van der Waals surface area contributed by atoms with Crippen LogP contribution in [0.3, 0.4) is 0 Å². The van der Waals surface area contributed by atoms with Gasteiger partial charge in [0.1, 0.15) is 0 Å². The van der Waals surface area contributed by atoms with Crippen molar-refractivity contribution >= 4 is 0 Å². The summed E-state index contributed by atoms with van der Waals surface area (Å²) < 4.78 is 0. The van der Waals surface area contributed by atoms with Crippen LogP contribution in [-0.4, -0.2) is 35.1 Å². The van der Waals surface area contributed by atoms with Crippen molar-refractivity contribution in [2.45, 2.75) is 65.1 Å². The lowest BCUT2D eigenvalue weighted by Crippen LogP contribution is -2.34. The van der Waals surface area contributed by atoms with Gasteiger partial charge in [-0.1, -0.05) is 13.0 Å². The van der Waals surface area contributed by atoms with Gasteiger partial charge in [-0.3, -0.25) is 4.98 Å². The van der Waals surface area contributed by atoms with E-state index in [1.54, 1.807) is 0 Å². The minimum absolute atomic E-state index is 0.644. The summed E-state index contributed by atoms with van der Waals surface area (Å²) >= 11 is 0. The van der Waals surface area contributed by atoms with Gasteiger partial charge in [0.05, 0.1) is 5.69 Å². The zero-order chi connectivity index (χ0) is 14.4. The minimum Gasteiger partial charge on any atom is -0.308 e. The van der Waals surface area contributed by atoms with Gasteiger partial charge in [0, 0.05) is 24.8 Å². The Hall–Kier alpha value is -0.930. The molecule has 2 heterocycles. The molecule has 1 aliphatic heterocycles. The third-order valence-electron chi connectivity index (χ3n) is 4.42. The third-order valence-corrected chi connectivity index (χ3v) is 4.42. The van der Waals surface area contributed by atoms with Gasteiger partial charge in [0.25, 0.3) is 0 Å². The van der Waals surface area contributed by atoms with Crippen molar-refractivity contribution in [1.82, 2.24) is 15.2 Å². The van der Waals surface area contributed by atoms with Crippen LogP contribution in [0.25, 0.3) is 0 Å². The summed E-state index contributed by atoms with van der Waals surface area (Å²) in [4.78, 5) is 7.12. The molecule has 0 aliphatic carbocycles. The highest BCUT2D eigenvalue weighted by Gasteiger charge is 2.18. The fraction of sp³-hybridized carbons (Fsp3) is 0.706. The largest absolute Gasteiger partial charge is 0.308 e. The smallest absolute Gasteiger partial charge is 0.0573 e. The lowest BCUT2D eigenvalue weighted by atomic mass is 10.1. The van der Waals surface area contributed by atoms with E-state index in [1.807, 2.05) is 12.3 Å². The first-order valence-electron chi connectivity index (χ1n) is 8.11. The van der Waals surface area contributed by atoms with Crippen molar-refractivity contribution in [2.24, 2.45) is 0 Å². The lowest BCUT2D eigenvalue weighted by Gasteiger charge is -2.24. The first-order chi connectivity index (χ1) is 9.70. The molecular formula is C17H29N3. The predicted molar refractivity (Wildman–Crippen MR) is 84.8 cm³/mol. The van der Waals surface area contributed by atoms with Crippen molar-refractivity contribution < 1.29 is 0 Å². The van der Waals surface area contributed by atoms with Crippen LogP contribution in [0.15, 0.2) is 18.3 Å². The zero-order valence-corrected chi connectivity index (χ0v) is 13.2. The van der Waals surface area contributed by atoms with Gasteiger partial charge in [0.2, 0.25) is 0 Å². The van der Waals surface area contributed by atoms with Crippen molar-refractivity contribution in [2.75, 3.05) is 13.1 Å². The van der Waals surface area contributed by atoms with Crippen LogP contribution in [-0.2, 0) is 13.0 Å². The lowest BCUT2D eigenvalue weighted by molar-refractivity contribution is 0.229. The van der Waals surface area contributed by atoms with Crippen molar-refractivity contribution in [3.05, 3.63) is 29.6 Å². The number of aromatic nitrogens is 1. The van der Waals surface area contributed by atoms with Gasteiger partial charge in [-0.15, -0.1) is 0 Å². The number of hydrogen-bond donors (Lipinski definition) is 1. The summed E-state index contributed by atoms with van der Waals surface area (Å²) in [6.07, 6.45) is 6.82. The van der Waals surface area contributed by atoms with Crippen LogP contribution < -0.4 is 5.32 Å². The minimum atomic E-state index is 0.644. The molecule has 1 N–H and O–H groups in total. The molecule has 1 saturated heterocycles. The Balaban J connectivity index is 1.85. The number of likely N-dealkylation sites (tertiary alicyclic amines) is 1. The Bertz CT molecular complexity index is 403. The van der Waals surface area contributed by atoms with Gasteiger partial charge >= 0.3 is 0 Å². The molecule has 0 radical (unpaired) electrons. The maximum atomic E-state index is 4.53. The molecule has 20 heavy (non-hydrogen) atoms. The fourth-order valence-corrected chi connectivity index (χ4v) is 3.03. The van der Waals surface area contributed by atoms with E-state index in [0.29, 0.717) is 12.1 Å². The first-order valence-corrected chi connectivity index (χ1v) is 8.11. The van der Waals surface area contributed by atoms with Crippen molar-refractivity contribution in [3.8, 4) is 0 Å². The molecule has 0 aromatic carbocycles. The molecule has 1 aromatic rings. The Morgan fingerprint density at radius 2 is 2.20 bits per heavy atom. The molecule has 0 amide bonds.